The minimum atomic E-state index is -1.28. The third kappa shape index (κ3) is 10.1. The molecule has 5 rings (SSSR count). The van der Waals surface area contributed by atoms with Crippen molar-refractivity contribution in [2.75, 3.05) is 94.5 Å². The van der Waals surface area contributed by atoms with Crippen LogP contribution in [0.15, 0.2) is 91.0 Å². The van der Waals surface area contributed by atoms with Gasteiger partial charge in [-0.05, 0) is 134 Å². The molecule has 0 amide bonds. The third-order valence-electron chi connectivity index (χ3n) is 12.8. The number of anilines is 3. The van der Waals surface area contributed by atoms with Crippen LogP contribution in [0, 0.1) is 0 Å². The number of carbonyl (C=O) groups is 3. The zero-order valence-corrected chi connectivity index (χ0v) is 39.0. The number of hydrogen-bond acceptors (Lipinski definition) is 10. The van der Waals surface area contributed by atoms with Gasteiger partial charge < -0.3 is 28.9 Å². The summed E-state index contributed by atoms with van der Waals surface area (Å²) in [4.78, 5) is 53.9. The second-order valence-corrected chi connectivity index (χ2v) is 16.6. The summed E-state index contributed by atoms with van der Waals surface area (Å²) < 4.78 is 17.8. The Bertz CT molecular complexity index is 2070. The van der Waals surface area contributed by atoms with Gasteiger partial charge >= 0.3 is 5.97 Å². The van der Waals surface area contributed by atoms with Crippen molar-refractivity contribution in [2.45, 2.75) is 85.3 Å². The molecule has 0 bridgehead atoms. The number of nitrogens with zero attached hydrogens (tertiary/aromatic N) is 4. The first-order valence-electron chi connectivity index (χ1n) is 22.6. The van der Waals surface area contributed by atoms with Gasteiger partial charge in [0, 0.05) is 90.6 Å². The maximum absolute atomic E-state index is 16.0. The van der Waals surface area contributed by atoms with Gasteiger partial charge in [0.2, 0.25) is 0 Å². The van der Waals surface area contributed by atoms with Crippen molar-refractivity contribution in [3.8, 4) is 0 Å². The van der Waals surface area contributed by atoms with Gasteiger partial charge in [-0.2, -0.15) is 0 Å². The Morgan fingerprint density at radius 2 is 1.32 bits per heavy atom. The van der Waals surface area contributed by atoms with Crippen molar-refractivity contribution < 1.29 is 28.6 Å². The number of benzene rings is 4. The van der Waals surface area contributed by atoms with Crippen LogP contribution in [0.25, 0.3) is 0 Å². The first-order valence-corrected chi connectivity index (χ1v) is 22.6. The number of ether oxygens (including phenoxy) is 3. The van der Waals surface area contributed by atoms with Crippen LogP contribution in [0.1, 0.15) is 111 Å². The molecule has 2 unspecified atom stereocenters. The van der Waals surface area contributed by atoms with E-state index >= 15 is 9.59 Å². The number of carbonyl (C=O) groups excluding carboxylic acids is 3. The summed E-state index contributed by atoms with van der Waals surface area (Å²) >= 11 is 0. The average Bonchev–Trinajstić information content (AvgIpc) is 3.29. The second kappa shape index (κ2) is 21.9. The summed E-state index contributed by atoms with van der Waals surface area (Å²) in [5, 5.41) is 0. The first kappa shape index (κ1) is 48.0. The molecule has 334 valence electrons. The summed E-state index contributed by atoms with van der Waals surface area (Å²) in [6.45, 7) is 22.7. The molecule has 4 aromatic rings. The lowest BCUT2D eigenvalue weighted by molar-refractivity contribution is -0.146. The monoisotopic (exact) mass is 847 g/mol. The molecule has 0 spiro atoms. The molecule has 1 heterocycles. The zero-order valence-electron chi connectivity index (χ0n) is 39.0. The summed E-state index contributed by atoms with van der Waals surface area (Å²) in [6.07, 6.45) is -0.531. The van der Waals surface area contributed by atoms with Crippen LogP contribution in [0.4, 0.5) is 17.1 Å². The van der Waals surface area contributed by atoms with E-state index in [1.165, 1.54) is 0 Å². The fourth-order valence-corrected chi connectivity index (χ4v) is 9.51. The molecule has 0 aromatic heterocycles. The van der Waals surface area contributed by atoms with Crippen LogP contribution in [0.3, 0.4) is 0 Å². The lowest BCUT2D eigenvalue weighted by Gasteiger charge is -2.52. The molecule has 0 aliphatic carbocycles. The normalized spacial score (nSPS) is 14.6. The standard InChI is InChI=1S/C52H70N4O6/c1-11-54(12-2)41-26-22-39(23-27-41)49(58)43-30-31-44(55(13-3)14-4)47(45(61-15-5)36-46(57)62-16-6)48(43)51(7,8)52(53(9)10,37-38-20-18-17-19-21-38)50(59)40-24-28-42(29-25-40)56-32-34-60-35-33-56/h17-31,45H,11-16,32-37H2,1-10H3. The smallest absolute Gasteiger partial charge is 0.308 e. The summed E-state index contributed by atoms with van der Waals surface area (Å²) in [5.74, 6) is -0.652. The van der Waals surface area contributed by atoms with Crippen LogP contribution >= 0.6 is 0 Å². The van der Waals surface area contributed by atoms with E-state index < -0.39 is 23.0 Å². The van der Waals surface area contributed by atoms with Gasteiger partial charge in [-0.25, -0.2) is 0 Å². The van der Waals surface area contributed by atoms with Crippen molar-refractivity contribution in [3.63, 3.8) is 0 Å². The molecular weight excluding hydrogens is 777 g/mol. The SMILES string of the molecule is CCOC(=O)CC(OCC)c1c(N(CC)CC)ccc(C(=O)c2ccc(N(CC)CC)cc2)c1C(C)(C)C(Cc1ccccc1)(C(=O)c1ccc(N2CCOCC2)cc1)N(C)C. The molecule has 1 aliphatic heterocycles. The second-order valence-electron chi connectivity index (χ2n) is 16.6. The molecule has 4 aromatic carbocycles. The number of hydrogen-bond donors (Lipinski definition) is 0. The molecule has 2 atom stereocenters. The minimum absolute atomic E-state index is 0.0696. The van der Waals surface area contributed by atoms with Crippen LogP contribution in [0.5, 0.6) is 0 Å². The number of morpholine rings is 1. The summed E-state index contributed by atoms with van der Waals surface area (Å²) in [5.41, 5.74) is 4.43. The van der Waals surface area contributed by atoms with E-state index in [0.717, 1.165) is 48.8 Å². The molecule has 0 radical (unpaired) electrons. The van der Waals surface area contributed by atoms with Gasteiger partial charge in [-0.1, -0.05) is 44.2 Å². The minimum Gasteiger partial charge on any atom is -0.466 e. The van der Waals surface area contributed by atoms with Gasteiger partial charge in [0.05, 0.1) is 37.9 Å². The van der Waals surface area contributed by atoms with Gasteiger partial charge in [0.25, 0.3) is 0 Å². The molecule has 0 N–H and O–H groups in total. The Labute approximate surface area is 371 Å². The van der Waals surface area contributed by atoms with Gasteiger partial charge in [0.1, 0.15) is 0 Å². The number of esters is 1. The van der Waals surface area contributed by atoms with E-state index in [4.69, 9.17) is 14.2 Å². The fourth-order valence-electron chi connectivity index (χ4n) is 9.51. The van der Waals surface area contributed by atoms with E-state index in [1.807, 2.05) is 105 Å². The summed E-state index contributed by atoms with van der Waals surface area (Å²) in [6, 6.07) is 29.8. The molecule has 62 heavy (non-hydrogen) atoms. The first-order chi connectivity index (χ1) is 29.8. The number of likely N-dealkylation sites (N-methyl/N-ethyl adjacent to an activating group) is 1. The average molecular weight is 847 g/mol. The largest absolute Gasteiger partial charge is 0.466 e. The molecule has 10 nitrogen and oxygen atoms in total. The highest BCUT2D eigenvalue weighted by Crippen LogP contribution is 2.50. The van der Waals surface area contributed by atoms with Crippen molar-refractivity contribution >= 4 is 34.6 Å². The predicted molar refractivity (Wildman–Crippen MR) is 252 cm³/mol. The number of Topliss-reactive ketones (excluding diaryl/α,β-unsaturated/α-hetero) is 1. The number of ketones is 2. The van der Waals surface area contributed by atoms with Crippen LogP contribution in [-0.2, 0) is 30.8 Å². The van der Waals surface area contributed by atoms with Crippen molar-refractivity contribution in [1.29, 1.82) is 0 Å². The quantitative estimate of drug-likeness (QED) is 0.0564. The Kier molecular flexibility index (Phi) is 16.9. The highest BCUT2D eigenvalue weighted by Gasteiger charge is 2.56. The van der Waals surface area contributed by atoms with Crippen LogP contribution < -0.4 is 14.7 Å². The van der Waals surface area contributed by atoms with Crippen molar-refractivity contribution in [3.05, 3.63) is 124 Å². The van der Waals surface area contributed by atoms with Crippen LogP contribution in [-0.4, -0.2) is 108 Å². The molecular formula is C52H70N4O6. The predicted octanol–water partition coefficient (Wildman–Crippen LogP) is 9.18. The zero-order chi connectivity index (χ0) is 45.0. The topological polar surface area (TPSA) is 91.9 Å². The Hall–Kier alpha value is -5.03. The van der Waals surface area contributed by atoms with Gasteiger partial charge in [-0.3, -0.25) is 19.3 Å². The van der Waals surface area contributed by atoms with Crippen LogP contribution in [0.2, 0.25) is 0 Å². The Morgan fingerprint density at radius 3 is 1.87 bits per heavy atom. The highest BCUT2D eigenvalue weighted by molar-refractivity contribution is 6.12. The summed E-state index contributed by atoms with van der Waals surface area (Å²) in [7, 11) is 3.93. The maximum atomic E-state index is 16.0. The van der Waals surface area contributed by atoms with E-state index in [0.29, 0.717) is 67.1 Å². The molecule has 0 saturated carbocycles. The third-order valence-corrected chi connectivity index (χ3v) is 12.8. The van der Waals surface area contributed by atoms with Crippen molar-refractivity contribution in [1.82, 2.24) is 4.90 Å². The Balaban J connectivity index is 1.88. The molecule has 1 aliphatic rings. The van der Waals surface area contributed by atoms with E-state index in [9.17, 15) is 4.79 Å². The van der Waals surface area contributed by atoms with Gasteiger partial charge in [0.15, 0.2) is 11.6 Å². The Morgan fingerprint density at radius 1 is 0.726 bits per heavy atom. The number of rotatable bonds is 22. The lowest BCUT2D eigenvalue weighted by Crippen LogP contribution is -2.64. The fraction of sp³-hybridized carbons (Fsp3) is 0.481. The molecule has 1 fully saturated rings. The molecule has 10 heteroatoms. The van der Waals surface area contributed by atoms with E-state index in [-0.39, 0.29) is 24.6 Å². The molecule has 1 saturated heterocycles. The van der Waals surface area contributed by atoms with Gasteiger partial charge in [-0.15, -0.1) is 0 Å². The van der Waals surface area contributed by atoms with E-state index in [1.54, 1.807) is 6.92 Å². The maximum Gasteiger partial charge on any atom is 0.308 e. The van der Waals surface area contributed by atoms with E-state index in [2.05, 4.69) is 68.4 Å². The highest BCUT2D eigenvalue weighted by atomic mass is 16.5. The lowest BCUT2D eigenvalue weighted by atomic mass is 9.58. The van der Waals surface area contributed by atoms with Crippen molar-refractivity contribution in [2.24, 2.45) is 0 Å².